The first-order valence-electron chi connectivity index (χ1n) is 8.74. The molecule has 140 valence electrons. The van der Waals surface area contributed by atoms with Crippen LogP contribution in [-0.2, 0) is 13.1 Å². The second-order valence-electron chi connectivity index (χ2n) is 5.93. The lowest BCUT2D eigenvalue weighted by Crippen LogP contribution is -2.12. The summed E-state index contributed by atoms with van der Waals surface area (Å²) in [5.74, 6) is 1.35. The summed E-state index contributed by atoms with van der Waals surface area (Å²) in [4.78, 5) is 12.3. The van der Waals surface area contributed by atoms with Gasteiger partial charge in [-0.2, -0.15) is 0 Å². The third kappa shape index (κ3) is 4.81. The molecule has 27 heavy (non-hydrogen) atoms. The molecule has 0 spiro atoms. The van der Waals surface area contributed by atoms with Crippen LogP contribution in [0.3, 0.4) is 0 Å². The van der Waals surface area contributed by atoms with Gasteiger partial charge < -0.3 is 15.4 Å². The lowest BCUT2D eigenvalue weighted by Gasteiger charge is -2.09. The zero-order valence-electron chi connectivity index (χ0n) is 15.3. The molecule has 8 heteroatoms. The summed E-state index contributed by atoms with van der Waals surface area (Å²) >= 11 is 0. The van der Waals surface area contributed by atoms with Crippen molar-refractivity contribution in [1.82, 2.24) is 20.2 Å². The van der Waals surface area contributed by atoms with Crippen LogP contribution in [0.25, 0.3) is 0 Å². The predicted molar refractivity (Wildman–Crippen MR) is 103 cm³/mol. The quantitative estimate of drug-likeness (QED) is 0.637. The van der Waals surface area contributed by atoms with Crippen molar-refractivity contribution in [3.63, 3.8) is 0 Å². The SMILES string of the molecule is CCCn1nnnc1CNc1ccc(C(=O)Nc2ccc(OC)cc2)cc1. The summed E-state index contributed by atoms with van der Waals surface area (Å²) in [6.45, 7) is 3.38. The lowest BCUT2D eigenvalue weighted by molar-refractivity contribution is 0.102. The van der Waals surface area contributed by atoms with Gasteiger partial charge in [0.15, 0.2) is 5.82 Å². The van der Waals surface area contributed by atoms with Gasteiger partial charge in [-0.25, -0.2) is 4.68 Å². The molecule has 8 nitrogen and oxygen atoms in total. The Hall–Kier alpha value is -3.42. The molecule has 0 fully saturated rings. The molecule has 2 aromatic carbocycles. The monoisotopic (exact) mass is 366 g/mol. The second-order valence-corrected chi connectivity index (χ2v) is 5.93. The molecular formula is C19H22N6O2. The third-order valence-corrected chi connectivity index (χ3v) is 3.99. The number of nitrogens with zero attached hydrogens (tertiary/aromatic N) is 4. The van der Waals surface area contributed by atoms with E-state index in [9.17, 15) is 4.79 Å². The first kappa shape index (κ1) is 18.4. The number of hydrogen-bond donors (Lipinski definition) is 2. The normalized spacial score (nSPS) is 10.4. The number of aromatic nitrogens is 4. The van der Waals surface area contributed by atoms with Gasteiger partial charge in [0.2, 0.25) is 0 Å². The number of benzene rings is 2. The zero-order chi connectivity index (χ0) is 19.1. The Morgan fingerprint density at radius 2 is 1.78 bits per heavy atom. The molecule has 1 heterocycles. The number of methoxy groups -OCH3 is 1. The van der Waals surface area contributed by atoms with E-state index < -0.39 is 0 Å². The Morgan fingerprint density at radius 3 is 2.44 bits per heavy atom. The van der Waals surface area contributed by atoms with Crippen molar-refractivity contribution in [2.75, 3.05) is 17.7 Å². The fourth-order valence-corrected chi connectivity index (χ4v) is 2.53. The molecule has 0 aliphatic carbocycles. The summed E-state index contributed by atoms with van der Waals surface area (Å²) in [6.07, 6.45) is 0.968. The van der Waals surface area contributed by atoms with Crippen molar-refractivity contribution in [1.29, 1.82) is 0 Å². The molecule has 0 saturated heterocycles. The van der Waals surface area contributed by atoms with Gasteiger partial charge in [0.1, 0.15) is 5.75 Å². The fourth-order valence-electron chi connectivity index (χ4n) is 2.53. The average molecular weight is 366 g/mol. The van der Waals surface area contributed by atoms with E-state index in [2.05, 4.69) is 33.1 Å². The molecule has 3 rings (SSSR count). The Morgan fingerprint density at radius 1 is 1.07 bits per heavy atom. The summed E-state index contributed by atoms with van der Waals surface area (Å²) in [5.41, 5.74) is 2.18. The van der Waals surface area contributed by atoms with Crippen LogP contribution in [0.15, 0.2) is 48.5 Å². The van der Waals surface area contributed by atoms with Crippen molar-refractivity contribution < 1.29 is 9.53 Å². The molecule has 0 radical (unpaired) electrons. The summed E-state index contributed by atoms with van der Waals surface area (Å²) in [5, 5.41) is 17.8. The number of amides is 1. The Balaban J connectivity index is 1.57. The van der Waals surface area contributed by atoms with E-state index in [0.29, 0.717) is 17.8 Å². The van der Waals surface area contributed by atoms with Crippen LogP contribution in [0.1, 0.15) is 29.5 Å². The molecule has 0 atom stereocenters. The number of carbonyl (C=O) groups is 1. The largest absolute Gasteiger partial charge is 0.497 e. The Kier molecular flexibility index (Phi) is 5.98. The standard InChI is InChI=1S/C19H22N6O2/c1-3-12-25-18(22-23-24-25)13-20-15-6-4-14(5-7-15)19(26)21-16-8-10-17(27-2)11-9-16/h4-11,20H,3,12-13H2,1-2H3,(H,21,26). The van der Waals surface area contributed by atoms with E-state index in [1.807, 2.05) is 12.1 Å². The van der Waals surface area contributed by atoms with Gasteiger partial charge in [0.05, 0.1) is 13.7 Å². The molecule has 3 aromatic rings. The summed E-state index contributed by atoms with van der Waals surface area (Å²) in [7, 11) is 1.60. The van der Waals surface area contributed by atoms with E-state index in [-0.39, 0.29) is 5.91 Å². The van der Waals surface area contributed by atoms with Crippen LogP contribution in [-0.4, -0.2) is 33.2 Å². The predicted octanol–water partition coefficient (Wildman–Crippen LogP) is 2.96. The number of nitrogens with one attached hydrogen (secondary N) is 2. The van der Waals surface area contributed by atoms with E-state index in [4.69, 9.17) is 4.74 Å². The van der Waals surface area contributed by atoms with Gasteiger partial charge in [-0.3, -0.25) is 4.79 Å². The lowest BCUT2D eigenvalue weighted by atomic mass is 10.2. The maximum absolute atomic E-state index is 12.3. The molecule has 1 amide bonds. The molecule has 0 unspecified atom stereocenters. The Bertz CT molecular complexity index is 874. The number of carbonyl (C=O) groups excluding carboxylic acids is 1. The van der Waals surface area contributed by atoms with Crippen LogP contribution < -0.4 is 15.4 Å². The van der Waals surface area contributed by atoms with Gasteiger partial charge in [0.25, 0.3) is 5.91 Å². The first-order chi connectivity index (χ1) is 13.2. The summed E-state index contributed by atoms with van der Waals surface area (Å²) < 4.78 is 6.89. The van der Waals surface area contributed by atoms with Crippen molar-refractivity contribution in [2.24, 2.45) is 0 Å². The van der Waals surface area contributed by atoms with Crippen molar-refractivity contribution in [3.05, 3.63) is 59.9 Å². The smallest absolute Gasteiger partial charge is 0.255 e. The topological polar surface area (TPSA) is 94.0 Å². The first-order valence-corrected chi connectivity index (χ1v) is 8.74. The van der Waals surface area contributed by atoms with Crippen LogP contribution in [0, 0.1) is 0 Å². The zero-order valence-corrected chi connectivity index (χ0v) is 15.3. The fraction of sp³-hybridized carbons (Fsp3) is 0.263. The van der Waals surface area contributed by atoms with E-state index in [1.54, 1.807) is 48.2 Å². The molecular weight excluding hydrogens is 344 g/mol. The highest BCUT2D eigenvalue weighted by atomic mass is 16.5. The number of tetrazole rings is 1. The maximum Gasteiger partial charge on any atom is 0.255 e. The van der Waals surface area contributed by atoms with Crippen LogP contribution in [0.4, 0.5) is 11.4 Å². The van der Waals surface area contributed by atoms with Crippen LogP contribution in [0.2, 0.25) is 0 Å². The number of hydrogen-bond acceptors (Lipinski definition) is 6. The minimum Gasteiger partial charge on any atom is -0.497 e. The van der Waals surface area contributed by atoms with Crippen LogP contribution in [0.5, 0.6) is 5.75 Å². The molecule has 0 aliphatic rings. The maximum atomic E-state index is 12.3. The van der Waals surface area contributed by atoms with E-state index in [0.717, 1.165) is 30.2 Å². The van der Waals surface area contributed by atoms with Gasteiger partial charge in [0, 0.05) is 23.5 Å². The highest BCUT2D eigenvalue weighted by Crippen LogP contribution is 2.17. The van der Waals surface area contributed by atoms with Gasteiger partial charge in [-0.1, -0.05) is 6.92 Å². The number of rotatable bonds is 8. The van der Waals surface area contributed by atoms with Crippen molar-refractivity contribution in [3.8, 4) is 5.75 Å². The van der Waals surface area contributed by atoms with E-state index in [1.165, 1.54) is 0 Å². The van der Waals surface area contributed by atoms with Crippen LogP contribution >= 0.6 is 0 Å². The molecule has 0 aliphatic heterocycles. The third-order valence-electron chi connectivity index (χ3n) is 3.99. The summed E-state index contributed by atoms with van der Waals surface area (Å²) in [6, 6.07) is 14.5. The average Bonchev–Trinajstić information content (AvgIpc) is 3.15. The second kappa shape index (κ2) is 8.79. The minimum absolute atomic E-state index is 0.168. The Labute approximate surface area is 157 Å². The molecule has 1 aromatic heterocycles. The van der Waals surface area contributed by atoms with E-state index >= 15 is 0 Å². The highest BCUT2D eigenvalue weighted by molar-refractivity contribution is 6.04. The molecule has 0 bridgehead atoms. The number of aryl methyl sites for hydroxylation is 1. The van der Waals surface area contributed by atoms with Crippen molar-refractivity contribution >= 4 is 17.3 Å². The van der Waals surface area contributed by atoms with Gasteiger partial charge in [-0.05, 0) is 65.4 Å². The number of ether oxygens (including phenoxy) is 1. The van der Waals surface area contributed by atoms with Crippen molar-refractivity contribution in [2.45, 2.75) is 26.4 Å². The molecule has 0 saturated carbocycles. The van der Waals surface area contributed by atoms with Gasteiger partial charge >= 0.3 is 0 Å². The van der Waals surface area contributed by atoms with Gasteiger partial charge in [-0.15, -0.1) is 5.10 Å². The highest BCUT2D eigenvalue weighted by Gasteiger charge is 2.08. The number of anilines is 2. The minimum atomic E-state index is -0.168. The molecule has 2 N–H and O–H groups in total.